The minimum Gasteiger partial charge on any atom is -0.454 e. The van der Waals surface area contributed by atoms with Crippen LogP contribution in [0.15, 0.2) is 18.3 Å². The molecule has 1 saturated carbocycles. The second-order valence-corrected chi connectivity index (χ2v) is 4.31. The first-order valence-corrected chi connectivity index (χ1v) is 5.76. The van der Waals surface area contributed by atoms with Crippen molar-refractivity contribution < 1.29 is 9.53 Å². The highest BCUT2D eigenvalue weighted by atomic mass is 16.6. The van der Waals surface area contributed by atoms with Crippen LogP contribution in [0, 0.1) is 6.20 Å². The zero-order chi connectivity index (χ0) is 11.4. The molecule has 1 aromatic heterocycles. The average Bonchev–Trinajstić information content (AvgIpc) is 2.30. The van der Waals surface area contributed by atoms with Gasteiger partial charge in [0.15, 0.2) is 0 Å². The fraction of sp³-hybridized carbons (Fsp3) is 0.538. The molecule has 1 aromatic rings. The number of carbonyl (C=O) groups excluding carboxylic acids is 1. The lowest BCUT2D eigenvalue weighted by molar-refractivity contribution is -0.162. The van der Waals surface area contributed by atoms with E-state index in [-0.39, 0.29) is 5.97 Å². The number of rotatable bonds is 2. The summed E-state index contributed by atoms with van der Waals surface area (Å²) in [6, 6.07) is 3.81. The Hall–Kier alpha value is -1.38. The molecule has 0 amide bonds. The molecule has 3 nitrogen and oxygen atoms in total. The molecule has 1 heterocycles. The lowest BCUT2D eigenvalue weighted by Gasteiger charge is -2.36. The lowest BCUT2D eigenvalue weighted by Crippen LogP contribution is -2.34. The number of aromatic nitrogens is 1. The zero-order valence-corrected chi connectivity index (χ0v) is 9.53. The molecule has 1 aliphatic rings. The van der Waals surface area contributed by atoms with Crippen LogP contribution in [0.1, 0.15) is 44.6 Å². The number of pyridine rings is 1. The van der Waals surface area contributed by atoms with E-state index in [1.165, 1.54) is 13.3 Å². The fourth-order valence-corrected chi connectivity index (χ4v) is 2.40. The average molecular weight is 218 g/mol. The molecule has 0 bridgehead atoms. The monoisotopic (exact) mass is 218 g/mol. The Labute approximate surface area is 95.8 Å². The molecule has 0 spiro atoms. The third kappa shape index (κ3) is 2.23. The number of hydrogen-bond acceptors (Lipinski definition) is 3. The summed E-state index contributed by atoms with van der Waals surface area (Å²) >= 11 is 0. The molecule has 0 aromatic carbocycles. The van der Waals surface area contributed by atoms with Gasteiger partial charge in [0.25, 0.3) is 0 Å². The van der Waals surface area contributed by atoms with Crippen LogP contribution >= 0.6 is 0 Å². The van der Waals surface area contributed by atoms with E-state index in [4.69, 9.17) is 4.74 Å². The van der Waals surface area contributed by atoms with Gasteiger partial charge < -0.3 is 4.74 Å². The predicted molar refractivity (Wildman–Crippen MR) is 59.6 cm³/mol. The molecular weight excluding hydrogens is 202 g/mol. The van der Waals surface area contributed by atoms with Crippen molar-refractivity contribution in [2.75, 3.05) is 0 Å². The van der Waals surface area contributed by atoms with E-state index in [2.05, 4.69) is 11.2 Å². The predicted octanol–water partition coefficient (Wildman–Crippen LogP) is 2.60. The number of nitrogens with zero attached hydrogens (tertiary/aromatic N) is 1. The Morgan fingerprint density at radius 1 is 1.44 bits per heavy atom. The van der Waals surface area contributed by atoms with Gasteiger partial charge in [0.2, 0.25) is 0 Å². The highest BCUT2D eigenvalue weighted by molar-refractivity contribution is 5.66. The molecular formula is C13H16NO2. The normalized spacial score (nSPS) is 19.1. The van der Waals surface area contributed by atoms with Crippen molar-refractivity contribution in [2.24, 2.45) is 0 Å². The van der Waals surface area contributed by atoms with Gasteiger partial charge >= 0.3 is 5.97 Å². The molecule has 0 aliphatic heterocycles. The summed E-state index contributed by atoms with van der Waals surface area (Å²) in [5.41, 5.74) is 0.433. The Balaban J connectivity index is 2.29. The molecule has 0 atom stereocenters. The Kier molecular flexibility index (Phi) is 3.22. The Bertz CT molecular complexity index is 355. The second-order valence-electron chi connectivity index (χ2n) is 4.31. The standard InChI is InChI=1S/C13H16NO2/c1-11(15)16-13(7-3-2-4-8-13)12-6-5-9-14-10-12/h5-6,9H,2-4,7-8H2,1H3. The maximum atomic E-state index is 11.2. The number of hydrogen-bond donors (Lipinski definition) is 0. The van der Waals surface area contributed by atoms with Crippen LogP contribution in [0.3, 0.4) is 0 Å². The smallest absolute Gasteiger partial charge is 0.303 e. The molecule has 16 heavy (non-hydrogen) atoms. The van der Waals surface area contributed by atoms with Crippen molar-refractivity contribution in [2.45, 2.75) is 44.6 Å². The summed E-state index contributed by atoms with van der Waals surface area (Å²) < 4.78 is 5.55. The zero-order valence-electron chi connectivity index (χ0n) is 9.53. The van der Waals surface area contributed by atoms with E-state index in [9.17, 15) is 4.79 Å². The molecule has 1 aliphatic carbocycles. The van der Waals surface area contributed by atoms with Crippen molar-refractivity contribution >= 4 is 5.97 Å². The van der Waals surface area contributed by atoms with Crippen molar-refractivity contribution in [1.29, 1.82) is 0 Å². The number of carbonyl (C=O) groups is 1. The topological polar surface area (TPSA) is 39.2 Å². The molecule has 0 unspecified atom stereocenters. The Morgan fingerprint density at radius 2 is 2.19 bits per heavy atom. The molecule has 85 valence electrons. The first kappa shape index (κ1) is 11.1. The summed E-state index contributed by atoms with van der Waals surface area (Å²) in [4.78, 5) is 15.2. The molecule has 0 N–H and O–H groups in total. The lowest BCUT2D eigenvalue weighted by atomic mass is 9.80. The van der Waals surface area contributed by atoms with Crippen molar-refractivity contribution in [1.82, 2.24) is 4.98 Å². The highest BCUT2D eigenvalue weighted by Crippen LogP contribution is 2.40. The van der Waals surface area contributed by atoms with Crippen LogP contribution in [-0.4, -0.2) is 11.0 Å². The number of esters is 1. The van der Waals surface area contributed by atoms with Gasteiger partial charge in [-0.15, -0.1) is 0 Å². The van der Waals surface area contributed by atoms with Gasteiger partial charge in [0.05, 0.1) is 6.20 Å². The molecule has 2 rings (SSSR count). The third-order valence-corrected chi connectivity index (χ3v) is 3.10. The molecule has 1 fully saturated rings. The summed E-state index contributed by atoms with van der Waals surface area (Å²) in [6.07, 6.45) is 9.81. The van der Waals surface area contributed by atoms with E-state index in [1.807, 2.05) is 12.1 Å². The van der Waals surface area contributed by atoms with Crippen LogP contribution in [0.5, 0.6) is 0 Å². The third-order valence-electron chi connectivity index (χ3n) is 3.10. The van der Waals surface area contributed by atoms with E-state index in [0.29, 0.717) is 0 Å². The quantitative estimate of drug-likeness (QED) is 0.716. The van der Waals surface area contributed by atoms with E-state index in [0.717, 1.165) is 31.2 Å². The van der Waals surface area contributed by atoms with Gasteiger partial charge in [0.1, 0.15) is 5.60 Å². The van der Waals surface area contributed by atoms with Crippen LogP contribution in [0.2, 0.25) is 0 Å². The van der Waals surface area contributed by atoms with E-state index >= 15 is 0 Å². The van der Waals surface area contributed by atoms with E-state index < -0.39 is 5.60 Å². The van der Waals surface area contributed by atoms with Gasteiger partial charge in [-0.1, -0.05) is 12.5 Å². The molecule has 1 radical (unpaired) electrons. The largest absolute Gasteiger partial charge is 0.454 e. The van der Waals surface area contributed by atoms with Crippen molar-refractivity contribution in [3.8, 4) is 0 Å². The van der Waals surface area contributed by atoms with Crippen LogP contribution < -0.4 is 0 Å². The van der Waals surface area contributed by atoms with Crippen molar-refractivity contribution in [3.63, 3.8) is 0 Å². The SMILES string of the molecule is CC(=O)OC1(c2[c]nccc2)CCCCC1. The van der Waals surface area contributed by atoms with Gasteiger partial charge in [-0.25, -0.2) is 0 Å². The van der Waals surface area contributed by atoms with Crippen LogP contribution in [0.25, 0.3) is 0 Å². The van der Waals surface area contributed by atoms with Crippen LogP contribution in [0.4, 0.5) is 0 Å². The van der Waals surface area contributed by atoms with Gasteiger partial charge in [0, 0.05) is 18.7 Å². The summed E-state index contributed by atoms with van der Waals surface area (Å²) in [5, 5.41) is 0. The van der Waals surface area contributed by atoms with Gasteiger partial charge in [-0.05, 0) is 31.7 Å². The summed E-state index contributed by atoms with van der Waals surface area (Å²) in [6.45, 7) is 1.47. The minimum atomic E-state index is -0.474. The maximum Gasteiger partial charge on any atom is 0.303 e. The fourth-order valence-electron chi connectivity index (χ4n) is 2.40. The minimum absolute atomic E-state index is 0.223. The second kappa shape index (κ2) is 4.64. The summed E-state index contributed by atoms with van der Waals surface area (Å²) in [7, 11) is 0. The highest BCUT2D eigenvalue weighted by Gasteiger charge is 2.37. The molecule has 3 heteroatoms. The first-order valence-electron chi connectivity index (χ1n) is 5.76. The van der Waals surface area contributed by atoms with Gasteiger partial charge in [-0.2, -0.15) is 0 Å². The van der Waals surface area contributed by atoms with Crippen molar-refractivity contribution in [3.05, 3.63) is 30.1 Å². The van der Waals surface area contributed by atoms with Crippen LogP contribution in [-0.2, 0) is 15.1 Å². The first-order chi connectivity index (χ1) is 7.73. The van der Waals surface area contributed by atoms with Gasteiger partial charge in [-0.3, -0.25) is 9.78 Å². The number of ether oxygens (including phenoxy) is 1. The Morgan fingerprint density at radius 3 is 2.75 bits per heavy atom. The maximum absolute atomic E-state index is 11.2. The van der Waals surface area contributed by atoms with E-state index in [1.54, 1.807) is 6.20 Å². The molecule has 0 saturated heterocycles. The summed E-state index contributed by atoms with van der Waals surface area (Å²) in [5.74, 6) is -0.223.